The van der Waals surface area contributed by atoms with E-state index in [1.807, 2.05) is 0 Å². The lowest BCUT2D eigenvalue weighted by molar-refractivity contribution is 0.0951. The fourth-order valence-corrected chi connectivity index (χ4v) is 2.46. The Balaban J connectivity index is 2.12. The van der Waals surface area contributed by atoms with Crippen LogP contribution in [0.4, 0.5) is 10.1 Å². The molecule has 20 heavy (non-hydrogen) atoms. The molecule has 1 aromatic carbocycles. The third-order valence-electron chi connectivity index (χ3n) is 3.32. The summed E-state index contributed by atoms with van der Waals surface area (Å²) in [6, 6.07) is 3.27. The summed E-state index contributed by atoms with van der Waals surface area (Å²) in [5.41, 5.74) is 1.65. The summed E-state index contributed by atoms with van der Waals surface area (Å²) in [6.07, 6.45) is 3.54. The number of hydrogen-bond donors (Lipinski definition) is 2. The van der Waals surface area contributed by atoms with Gasteiger partial charge in [0.15, 0.2) is 0 Å². The fraction of sp³-hybridized carbons (Fsp3) is 0.286. The van der Waals surface area contributed by atoms with Crippen molar-refractivity contribution in [2.45, 2.75) is 18.9 Å². The predicted octanol–water partition coefficient (Wildman–Crippen LogP) is 3.07. The van der Waals surface area contributed by atoms with Gasteiger partial charge in [-0.15, -0.1) is 0 Å². The first-order valence-electron chi connectivity index (χ1n) is 6.36. The molecule has 0 saturated heterocycles. The minimum Gasteiger partial charge on any atom is -0.387 e. The van der Waals surface area contributed by atoms with E-state index in [9.17, 15) is 9.18 Å². The van der Waals surface area contributed by atoms with E-state index in [1.54, 1.807) is 13.1 Å². The lowest BCUT2D eigenvalue weighted by atomic mass is 10.1. The molecule has 1 aliphatic rings. The third-order valence-corrected chi connectivity index (χ3v) is 3.92. The number of anilines is 1. The highest BCUT2D eigenvalue weighted by molar-refractivity contribution is 9.10. The molecule has 0 radical (unpaired) electrons. The number of nitrogens with zero attached hydrogens (tertiary/aromatic N) is 1. The first kappa shape index (κ1) is 13.3. The molecule has 1 aromatic heterocycles. The van der Waals surface area contributed by atoms with Crippen molar-refractivity contribution in [1.82, 2.24) is 10.3 Å². The van der Waals surface area contributed by atoms with Crippen molar-refractivity contribution in [3.8, 4) is 0 Å². The predicted molar refractivity (Wildman–Crippen MR) is 79.4 cm³/mol. The minimum absolute atomic E-state index is 0.147. The number of rotatable bonds is 3. The van der Waals surface area contributed by atoms with Gasteiger partial charge in [-0.2, -0.15) is 0 Å². The van der Waals surface area contributed by atoms with E-state index < -0.39 is 0 Å². The summed E-state index contributed by atoms with van der Waals surface area (Å²) in [4.78, 5) is 16.4. The molecular weight excluding hydrogens is 325 g/mol. The van der Waals surface area contributed by atoms with Crippen LogP contribution < -0.4 is 10.6 Å². The third kappa shape index (κ3) is 2.35. The number of benzene rings is 1. The SMILES string of the molecule is CNc1c(C(=O)NC2CC2)cnc2cc(F)c(Br)cc12. The van der Waals surface area contributed by atoms with Gasteiger partial charge in [0.25, 0.3) is 5.91 Å². The van der Waals surface area contributed by atoms with Crippen LogP contribution in [0.2, 0.25) is 0 Å². The summed E-state index contributed by atoms with van der Waals surface area (Å²) in [7, 11) is 1.74. The van der Waals surface area contributed by atoms with Crippen LogP contribution in [-0.4, -0.2) is 24.0 Å². The van der Waals surface area contributed by atoms with E-state index in [-0.39, 0.29) is 17.8 Å². The Hall–Kier alpha value is -1.69. The molecule has 1 saturated carbocycles. The molecule has 0 aliphatic heterocycles. The number of hydrogen-bond acceptors (Lipinski definition) is 3. The van der Waals surface area contributed by atoms with Crippen molar-refractivity contribution < 1.29 is 9.18 Å². The maximum atomic E-state index is 13.5. The molecule has 2 N–H and O–H groups in total. The molecule has 0 unspecified atom stereocenters. The molecule has 0 atom stereocenters. The highest BCUT2D eigenvalue weighted by atomic mass is 79.9. The maximum absolute atomic E-state index is 13.5. The summed E-state index contributed by atoms with van der Waals surface area (Å²) >= 11 is 3.16. The van der Waals surface area contributed by atoms with Crippen LogP contribution in [0.3, 0.4) is 0 Å². The van der Waals surface area contributed by atoms with Crippen LogP contribution in [-0.2, 0) is 0 Å². The molecule has 1 amide bonds. The molecule has 2 aromatic rings. The van der Waals surface area contributed by atoms with Gasteiger partial charge in [0.05, 0.1) is 21.2 Å². The number of carbonyl (C=O) groups excluding carboxylic acids is 1. The fourth-order valence-electron chi connectivity index (χ4n) is 2.12. The van der Waals surface area contributed by atoms with Gasteiger partial charge < -0.3 is 10.6 Å². The number of halogens is 2. The number of amides is 1. The average molecular weight is 338 g/mol. The average Bonchev–Trinajstić information content (AvgIpc) is 3.22. The summed E-state index contributed by atoms with van der Waals surface area (Å²) in [5.74, 6) is -0.520. The smallest absolute Gasteiger partial charge is 0.255 e. The molecule has 104 valence electrons. The largest absolute Gasteiger partial charge is 0.387 e. The molecule has 6 heteroatoms. The normalized spacial score (nSPS) is 14.3. The van der Waals surface area contributed by atoms with Gasteiger partial charge in [0.2, 0.25) is 0 Å². The molecule has 1 aliphatic carbocycles. The van der Waals surface area contributed by atoms with Crippen LogP contribution >= 0.6 is 15.9 Å². The van der Waals surface area contributed by atoms with Gasteiger partial charge in [0, 0.05) is 30.7 Å². The lowest BCUT2D eigenvalue weighted by Crippen LogP contribution is -2.26. The zero-order valence-corrected chi connectivity index (χ0v) is 12.4. The molecule has 1 heterocycles. The van der Waals surface area contributed by atoms with Crippen molar-refractivity contribution in [2.75, 3.05) is 12.4 Å². The zero-order valence-electron chi connectivity index (χ0n) is 10.8. The molecule has 1 fully saturated rings. The van der Waals surface area contributed by atoms with Crippen molar-refractivity contribution >= 4 is 38.4 Å². The Kier molecular flexibility index (Phi) is 3.33. The van der Waals surface area contributed by atoms with E-state index in [2.05, 4.69) is 31.5 Å². The van der Waals surface area contributed by atoms with Gasteiger partial charge >= 0.3 is 0 Å². The summed E-state index contributed by atoms with van der Waals surface area (Å²) in [6.45, 7) is 0. The van der Waals surface area contributed by atoms with Crippen molar-refractivity contribution in [2.24, 2.45) is 0 Å². The molecule has 0 bridgehead atoms. The van der Waals surface area contributed by atoms with Gasteiger partial charge in [0.1, 0.15) is 5.82 Å². The second kappa shape index (κ2) is 5.01. The highest BCUT2D eigenvalue weighted by Crippen LogP contribution is 2.30. The van der Waals surface area contributed by atoms with E-state index in [4.69, 9.17) is 0 Å². The van der Waals surface area contributed by atoms with Gasteiger partial charge in [-0.05, 0) is 34.8 Å². The number of nitrogens with one attached hydrogen (secondary N) is 2. The van der Waals surface area contributed by atoms with Crippen LogP contribution in [0.5, 0.6) is 0 Å². The first-order valence-corrected chi connectivity index (χ1v) is 7.16. The second-order valence-electron chi connectivity index (χ2n) is 4.83. The Morgan fingerprint density at radius 3 is 2.85 bits per heavy atom. The van der Waals surface area contributed by atoms with Crippen LogP contribution in [0.1, 0.15) is 23.2 Å². The number of pyridine rings is 1. The van der Waals surface area contributed by atoms with E-state index in [0.717, 1.165) is 12.8 Å². The molecular formula is C14H13BrFN3O. The second-order valence-corrected chi connectivity index (χ2v) is 5.68. The van der Waals surface area contributed by atoms with Gasteiger partial charge in [-0.25, -0.2) is 4.39 Å². The number of carbonyl (C=O) groups is 1. The van der Waals surface area contributed by atoms with Crippen molar-refractivity contribution in [3.63, 3.8) is 0 Å². The first-order chi connectivity index (χ1) is 9.60. The minimum atomic E-state index is -0.373. The zero-order chi connectivity index (χ0) is 14.3. The van der Waals surface area contributed by atoms with E-state index in [1.165, 1.54) is 12.3 Å². The van der Waals surface area contributed by atoms with Crippen LogP contribution in [0.15, 0.2) is 22.8 Å². The monoisotopic (exact) mass is 337 g/mol. The topological polar surface area (TPSA) is 54.0 Å². The van der Waals surface area contributed by atoms with Gasteiger partial charge in [-0.1, -0.05) is 0 Å². The van der Waals surface area contributed by atoms with Crippen molar-refractivity contribution in [1.29, 1.82) is 0 Å². The molecule has 4 nitrogen and oxygen atoms in total. The number of aromatic nitrogens is 1. The summed E-state index contributed by atoms with van der Waals surface area (Å²) < 4.78 is 13.9. The Labute approximate surface area is 123 Å². The van der Waals surface area contributed by atoms with Crippen LogP contribution in [0.25, 0.3) is 10.9 Å². The Morgan fingerprint density at radius 1 is 1.45 bits per heavy atom. The van der Waals surface area contributed by atoms with E-state index >= 15 is 0 Å². The lowest BCUT2D eigenvalue weighted by Gasteiger charge is -2.12. The Morgan fingerprint density at radius 2 is 2.20 bits per heavy atom. The summed E-state index contributed by atoms with van der Waals surface area (Å²) in [5, 5.41) is 6.66. The van der Waals surface area contributed by atoms with Gasteiger partial charge in [-0.3, -0.25) is 9.78 Å². The molecule has 0 spiro atoms. The van der Waals surface area contributed by atoms with E-state index in [0.29, 0.717) is 26.6 Å². The Bertz CT molecular complexity index is 700. The van der Waals surface area contributed by atoms with Crippen molar-refractivity contribution in [3.05, 3.63) is 34.2 Å². The maximum Gasteiger partial charge on any atom is 0.255 e. The van der Waals surface area contributed by atoms with Crippen LogP contribution in [0, 0.1) is 5.82 Å². The quantitative estimate of drug-likeness (QED) is 0.904. The molecule has 3 rings (SSSR count). The standard InChI is InChI=1S/C14H13BrFN3O/c1-17-13-8-4-10(15)11(16)5-12(8)18-6-9(13)14(20)19-7-2-3-7/h4-7H,2-3H2,1H3,(H,17,18)(H,19,20). The number of fused-ring (bicyclic) bond motifs is 1. The highest BCUT2D eigenvalue weighted by Gasteiger charge is 2.25.